The lowest BCUT2D eigenvalue weighted by atomic mass is 10.1. The zero-order valence-electron chi connectivity index (χ0n) is 12.5. The maximum absolute atomic E-state index is 11.8. The van der Waals surface area contributed by atoms with Crippen molar-refractivity contribution in [3.63, 3.8) is 0 Å². The molecule has 25 heavy (non-hydrogen) atoms. The molecule has 2 N–H and O–H groups in total. The highest BCUT2D eigenvalue weighted by Gasteiger charge is 2.24. The van der Waals surface area contributed by atoms with E-state index in [4.69, 9.17) is 16.1 Å². The predicted octanol–water partition coefficient (Wildman–Crippen LogP) is 2.32. The minimum absolute atomic E-state index is 0.0373. The Hall–Kier alpha value is -3.40. The number of nitrogens with zero attached hydrogens (tertiary/aromatic N) is 4. The second-order valence-corrected chi connectivity index (χ2v) is 5.37. The Morgan fingerprint density at radius 1 is 1.32 bits per heavy atom. The van der Waals surface area contributed by atoms with Crippen molar-refractivity contribution in [3.8, 4) is 34.3 Å². The molecule has 11 heteroatoms. The highest BCUT2D eigenvalue weighted by atomic mass is 35.5. The van der Waals surface area contributed by atoms with Crippen molar-refractivity contribution >= 4 is 17.3 Å². The summed E-state index contributed by atoms with van der Waals surface area (Å²) in [4.78, 5) is 14.1. The van der Waals surface area contributed by atoms with Gasteiger partial charge < -0.3 is 19.9 Å². The monoisotopic (exact) mass is 364 g/mol. The normalized spacial score (nSPS) is 10.8. The van der Waals surface area contributed by atoms with Gasteiger partial charge in [-0.05, 0) is 23.7 Å². The number of aromatic nitrogens is 3. The van der Waals surface area contributed by atoms with Gasteiger partial charge in [-0.2, -0.15) is 9.71 Å². The van der Waals surface area contributed by atoms with E-state index in [9.17, 15) is 25.5 Å². The number of rotatable bonds is 3. The summed E-state index contributed by atoms with van der Waals surface area (Å²) >= 11 is 5.96. The van der Waals surface area contributed by atoms with Crippen LogP contribution in [0.15, 0.2) is 28.8 Å². The van der Waals surface area contributed by atoms with Crippen LogP contribution in [0.1, 0.15) is 5.69 Å². The highest BCUT2D eigenvalue weighted by molar-refractivity contribution is 6.30. The summed E-state index contributed by atoms with van der Waals surface area (Å²) in [5.74, 6) is -1.75. The molecule has 0 aliphatic carbocycles. The molecule has 0 saturated heterocycles. The number of pyridine rings is 1. The van der Waals surface area contributed by atoms with E-state index in [0.29, 0.717) is 10.4 Å². The van der Waals surface area contributed by atoms with Gasteiger partial charge >= 0.3 is 5.69 Å². The number of phenolic OH excluding ortho intramolecular Hbond substituents is 2. The molecule has 1 aromatic carbocycles. The quantitative estimate of drug-likeness (QED) is 0.179. The topological polar surface area (TPSA) is 149 Å². The molecule has 0 atom stereocenters. The number of benzene rings is 1. The minimum atomic E-state index is -0.869. The van der Waals surface area contributed by atoms with Gasteiger partial charge in [0.15, 0.2) is 11.4 Å². The average molecular weight is 365 g/mol. The van der Waals surface area contributed by atoms with Crippen molar-refractivity contribution in [1.29, 1.82) is 0 Å². The van der Waals surface area contributed by atoms with E-state index < -0.39 is 22.1 Å². The van der Waals surface area contributed by atoms with Crippen LogP contribution in [-0.4, -0.2) is 25.3 Å². The second-order valence-electron chi connectivity index (χ2n) is 5.02. The molecule has 0 saturated carbocycles. The third-order valence-corrected chi connectivity index (χ3v) is 3.75. The van der Waals surface area contributed by atoms with E-state index >= 15 is 0 Å². The first-order valence-corrected chi connectivity index (χ1v) is 7.11. The summed E-state index contributed by atoms with van der Waals surface area (Å²) < 4.78 is 5.52. The lowest BCUT2D eigenvalue weighted by molar-refractivity contribution is -0.609. The van der Waals surface area contributed by atoms with Gasteiger partial charge in [0.2, 0.25) is 11.6 Å². The Bertz CT molecular complexity index is 1000. The lowest BCUT2D eigenvalue weighted by Crippen LogP contribution is -2.31. The fraction of sp³-hybridized carbons (Fsp3) is 0.0714. The van der Waals surface area contributed by atoms with Crippen molar-refractivity contribution in [2.75, 3.05) is 0 Å². The van der Waals surface area contributed by atoms with Crippen molar-refractivity contribution in [3.05, 3.63) is 50.4 Å². The average Bonchev–Trinajstić information content (AvgIpc) is 3.04. The molecule has 0 unspecified atom stereocenters. The van der Waals surface area contributed by atoms with Crippen molar-refractivity contribution < 1.29 is 24.4 Å². The van der Waals surface area contributed by atoms with Gasteiger partial charge in [0.1, 0.15) is 5.56 Å². The number of nitro groups is 1. The van der Waals surface area contributed by atoms with E-state index in [1.807, 2.05) is 0 Å². The Balaban J connectivity index is 2.09. The molecule has 0 spiro atoms. The van der Waals surface area contributed by atoms with Crippen LogP contribution >= 0.6 is 11.6 Å². The fourth-order valence-electron chi connectivity index (χ4n) is 2.09. The number of hydrogen-bond acceptors (Lipinski definition) is 8. The number of aromatic hydroxyl groups is 2. The third kappa shape index (κ3) is 2.78. The summed E-state index contributed by atoms with van der Waals surface area (Å²) in [6.45, 7) is 1.57. The van der Waals surface area contributed by atoms with Gasteiger partial charge in [-0.25, -0.2) is 0 Å². The van der Waals surface area contributed by atoms with Gasteiger partial charge in [0.05, 0.1) is 4.92 Å². The van der Waals surface area contributed by atoms with Crippen LogP contribution in [0.3, 0.4) is 0 Å². The van der Waals surface area contributed by atoms with E-state index in [1.165, 1.54) is 12.1 Å². The molecular weight excluding hydrogens is 356 g/mol. The molecule has 3 aromatic rings. The van der Waals surface area contributed by atoms with E-state index in [-0.39, 0.29) is 28.0 Å². The molecule has 2 heterocycles. The zero-order valence-corrected chi connectivity index (χ0v) is 13.3. The van der Waals surface area contributed by atoms with Crippen LogP contribution in [0.2, 0.25) is 5.15 Å². The van der Waals surface area contributed by atoms with Crippen molar-refractivity contribution in [2.24, 2.45) is 0 Å². The number of aryl methyl sites for hydroxylation is 1. The van der Waals surface area contributed by atoms with Crippen LogP contribution in [0.5, 0.6) is 11.5 Å². The number of halogens is 1. The molecule has 0 aliphatic rings. The first-order chi connectivity index (χ1) is 11.8. The lowest BCUT2D eigenvalue weighted by Gasteiger charge is -2.04. The maximum Gasteiger partial charge on any atom is 0.315 e. The molecule has 0 bridgehead atoms. The van der Waals surface area contributed by atoms with Crippen LogP contribution in [0, 0.1) is 22.2 Å². The van der Waals surface area contributed by atoms with Crippen LogP contribution in [-0.2, 0) is 0 Å². The molecule has 0 amide bonds. The molecule has 0 radical (unpaired) electrons. The molecule has 128 valence electrons. The first-order valence-electron chi connectivity index (χ1n) is 6.73. The van der Waals surface area contributed by atoms with E-state index in [2.05, 4.69) is 10.1 Å². The minimum Gasteiger partial charge on any atom is -0.617 e. The Morgan fingerprint density at radius 3 is 2.72 bits per heavy atom. The molecule has 3 rings (SSSR count). The highest BCUT2D eigenvalue weighted by Crippen LogP contribution is 2.39. The number of nitro benzene ring substituents is 1. The molecule has 0 fully saturated rings. The first kappa shape index (κ1) is 16.5. The fourth-order valence-corrected chi connectivity index (χ4v) is 2.36. The van der Waals surface area contributed by atoms with Gasteiger partial charge in [0, 0.05) is 24.6 Å². The van der Waals surface area contributed by atoms with Gasteiger partial charge in [-0.1, -0.05) is 5.16 Å². The standard InChI is InChI=1S/C14H9ClN4O6/c1-6-2-3-8(12(15)18(6)22)14-16-13(17-25-14)7-4-9(19(23)24)11(21)10(20)5-7/h2-5,20-21H,1H3. The summed E-state index contributed by atoms with van der Waals surface area (Å²) in [5, 5.41) is 45.3. The summed E-state index contributed by atoms with van der Waals surface area (Å²) in [5.41, 5.74) is -0.131. The SMILES string of the molecule is Cc1ccc(-c2nc(-c3cc(O)c(O)c([N+](=O)[O-])c3)no2)c(Cl)[n+]1[O-]. The van der Waals surface area contributed by atoms with Gasteiger partial charge in [-0.15, -0.1) is 0 Å². The number of phenols is 2. The van der Waals surface area contributed by atoms with Gasteiger partial charge in [0.25, 0.3) is 11.0 Å². The largest absolute Gasteiger partial charge is 0.617 e. The van der Waals surface area contributed by atoms with E-state index in [0.717, 1.165) is 12.1 Å². The maximum atomic E-state index is 11.8. The molecular formula is C14H9ClN4O6. The molecule has 10 nitrogen and oxygen atoms in total. The van der Waals surface area contributed by atoms with Crippen molar-refractivity contribution in [2.45, 2.75) is 6.92 Å². The molecule has 0 aliphatic heterocycles. The summed E-state index contributed by atoms with van der Waals surface area (Å²) in [6.07, 6.45) is 0. The Labute approximate surface area is 144 Å². The van der Waals surface area contributed by atoms with Crippen molar-refractivity contribution in [1.82, 2.24) is 10.1 Å². The zero-order chi connectivity index (χ0) is 18.3. The Morgan fingerprint density at radius 2 is 2.04 bits per heavy atom. The smallest absolute Gasteiger partial charge is 0.315 e. The van der Waals surface area contributed by atoms with E-state index in [1.54, 1.807) is 6.92 Å². The predicted molar refractivity (Wildman–Crippen MR) is 83.9 cm³/mol. The molecule has 2 aromatic heterocycles. The summed E-state index contributed by atoms with van der Waals surface area (Å²) in [6, 6.07) is 5.05. The summed E-state index contributed by atoms with van der Waals surface area (Å²) in [7, 11) is 0. The van der Waals surface area contributed by atoms with Crippen LogP contribution in [0.25, 0.3) is 22.8 Å². The van der Waals surface area contributed by atoms with Crippen LogP contribution in [0.4, 0.5) is 5.69 Å². The second kappa shape index (κ2) is 5.91. The Kier molecular flexibility index (Phi) is 3.89. The van der Waals surface area contributed by atoms with Gasteiger partial charge in [-0.3, -0.25) is 10.1 Å². The number of hydrogen-bond donors (Lipinski definition) is 2. The third-order valence-electron chi connectivity index (χ3n) is 3.39. The van der Waals surface area contributed by atoms with Crippen LogP contribution < -0.4 is 4.73 Å².